The summed E-state index contributed by atoms with van der Waals surface area (Å²) in [5, 5.41) is 0.650. The molecule has 2 aromatic carbocycles. The first-order chi connectivity index (χ1) is 14.6. The van der Waals surface area contributed by atoms with Crippen LogP contribution in [0.5, 0.6) is 11.5 Å². The maximum Gasteiger partial charge on any atom is 0.298 e. The van der Waals surface area contributed by atoms with Crippen molar-refractivity contribution in [2.45, 2.75) is 19.3 Å². The van der Waals surface area contributed by atoms with Crippen LogP contribution in [0.3, 0.4) is 0 Å². The maximum absolute atomic E-state index is 13.2. The number of aromatic amines is 1. The minimum atomic E-state index is -0.228. The van der Waals surface area contributed by atoms with Crippen molar-refractivity contribution in [1.82, 2.24) is 9.88 Å². The number of amides is 1. The van der Waals surface area contributed by atoms with Crippen molar-refractivity contribution < 1.29 is 23.5 Å². The largest absolute Gasteiger partial charge is 0.496 e. The highest BCUT2D eigenvalue weighted by atomic mass is 19.1. The third-order valence-electron chi connectivity index (χ3n) is 5.71. The van der Waals surface area contributed by atoms with Crippen molar-refractivity contribution in [3.8, 4) is 11.5 Å². The number of halogens is 1. The van der Waals surface area contributed by atoms with E-state index in [2.05, 4.69) is 4.98 Å². The highest BCUT2D eigenvalue weighted by Gasteiger charge is 2.26. The lowest BCUT2D eigenvalue weighted by molar-refractivity contribution is -0.120. The summed E-state index contributed by atoms with van der Waals surface area (Å²) >= 11 is 0. The van der Waals surface area contributed by atoms with E-state index in [0.717, 1.165) is 30.3 Å². The van der Waals surface area contributed by atoms with Crippen molar-refractivity contribution in [2.75, 3.05) is 20.2 Å². The molecule has 0 bridgehead atoms. The number of carbonyl (C=O) groups is 2. The number of piperidine rings is 1. The average molecular weight is 410 g/mol. The summed E-state index contributed by atoms with van der Waals surface area (Å²) in [6.45, 7) is 1.66. The van der Waals surface area contributed by atoms with Crippen LogP contribution in [0.1, 0.15) is 28.8 Å². The number of carbonyl (C=O) groups excluding carboxylic acids is 2. The van der Waals surface area contributed by atoms with E-state index in [1.807, 2.05) is 17.0 Å². The standard InChI is InChI=1S/C23H23FN2O4/c1-29-21-12-20-18(22(13-25-20)30-14-27)11-19(21)23(28)26-8-6-16(7-9-26)10-15-2-4-17(24)5-3-15/h2-5,11-14,16,25H,6-10H2,1H3. The molecule has 1 aliphatic heterocycles. The SMILES string of the molecule is COc1cc2[nH]cc(OC=O)c2cc1C(=O)N1CCC(Cc2ccc(F)cc2)CC1. The van der Waals surface area contributed by atoms with E-state index in [9.17, 15) is 14.0 Å². The summed E-state index contributed by atoms with van der Waals surface area (Å²) < 4.78 is 23.5. The number of nitrogens with zero attached hydrogens (tertiary/aromatic N) is 1. The van der Waals surface area contributed by atoms with Gasteiger partial charge in [0.2, 0.25) is 0 Å². The first kappa shape index (κ1) is 19.9. The fourth-order valence-corrected chi connectivity index (χ4v) is 4.07. The summed E-state index contributed by atoms with van der Waals surface area (Å²) in [6, 6.07) is 10.1. The molecule has 30 heavy (non-hydrogen) atoms. The molecule has 156 valence electrons. The Morgan fingerprint density at radius 3 is 2.60 bits per heavy atom. The van der Waals surface area contributed by atoms with Crippen LogP contribution >= 0.6 is 0 Å². The zero-order chi connectivity index (χ0) is 21.1. The number of H-pyrrole nitrogens is 1. The monoisotopic (exact) mass is 410 g/mol. The fraction of sp³-hybridized carbons (Fsp3) is 0.304. The van der Waals surface area contributed by atoms with Gasteiger partial charge in [-0.3, -0.25) is 9.59 Å². The Labute approximate surface area is 173 Å². The van der Waals surface area contributed by atoms with Crippen molar-refractivity contribution >= 4 is 23.3 Å². The molecule has 0 saturated carbocycles. The van der Waals surface area contributed by atoms with Gasteiger partial charge in [-0.25, -0.2) is 4.39 Å². The topological polar surface area (TPSA) is 71.6 Å². The molecular weight excluding hydrogens is 387 g/mol. The predicted octanol–water partition coefficient (Wildman–Crippen LogP) is 3.95. The molecule has 1 saturated heterocycles. The van der Waals surface area contributed by atoms with Gasteiger partial charge in [0.25, 0.3) is 12.4 Å². The van der Waals surface area contributed by atoms with Gasteiger partial charge in [-0.15, -0.1) is 0 Å². The molecular formula is C23H23FN2O4. The molecule has 0 spiro atoms. The van der Waals surface area contributed by atoms with E-state index in [-0.39, 0.29) is 11.7 Å². The molecule has 3 aromatic rings. The van der Waals surface area contributed by atoms with Crippen molar-refractivity contribution in [2.24, 2.45) is 5.92 Å². The molecule has 6 nitrogen and oxygen atoms in total. The average Bonchev–Trinajstić information content (AvgIpc) is 3.16. The Hall–Kier alpha value is -3.35. The van der Waals surface area contributed by atoms with E-state index in [1.165, 1.54) is 19.2 Å². The minimum absolute atomic E-state index is 0.104. The van der Waals surface area contributed by atoms with Crippen LogP contribution < -0.4 is 9.47 Å². The van der Waals surface area contributed by atoms with Gasteiger partial charge in [0.15, 0.2) is 5.75 Å². The number of hydrogen-bond donors (Lipinski definition) is 1. The van der Waals surface area contributed by atoms with E-state index in [4.69, 9.17) is 9.47 Å². The fourth-order valence-electron chi connectivity index (χ4n) is 4.07. The molecule has 1 aliphatic rings. The van der Waals surface area contributed by atoms with Crippen molar-refractivity contribution in [1.29, 1.82) is 0 Å². The molecule has 1 fully saturated rings. The predicted molar refractivity (Wildman–Crippen MR) is 110 cm³/mol. The number of methoxy groups -OCH3 is 1. The number of fused-ring (bicyclic) bond motifs is 1. The van der Waals surface area contributed by atoms with Gasteiger partial charge < -0.3 is 19.4 Å². The van der Waals surface area contributed by atoms with Crippen LogP contribution in [-0.4, -0.2) is 42.5 Å². The van der Waals surface area contributed by atoms with E-state index in [1.54, 1.807) is 18.3 Å². The zero-order valence-electron chi connectivity index (χ0n) is 16.7. The Morgan fingerprint density at radius 1 is 1.20 bits per heavy atom. The van der Waals surface area contributed by atoms with Gasteiger partial charge >= 0.3 is 0 Å². The van der Waals surface area contributed by atoms with Gasteiger partial charge in [-0.1, -0.05) is 12.1 Å². The summed E-state index contributed by atoms with van der Waals surface area (Å²) in [5.41, 5.74) is 2.28. The second kappa shape index (κ2) is 8.57. The number of nitrogens with one attached hydrogen (secondary N) is 1. The van der Waals surface area contributed by atoms with E-state index >= 15 is 0 Å². The van der Waals surface area contributed by atoms with Crippen LogP contribution in [0.2, 0.25) is 0 Å². The second-order valence-corrected chi connectivity index (χ2v) is 7.53. The Bertz CT molecular complexity index is 1050. The van der Waals surface area contributed by atoms with Crippen LogP contribution in [0.15, 0.2) is 42.6 Å². The summed E-state index contributed by atoms with van der Waals surface area (Å²) in [4.78, 5) is 28.8. The smallest absolute Gasteiger partial charge is 0.298 e. The zero-order valence-corrected chi connectivity index (χ0v) is 16.7. The minimum Gasteiger partial charge on any atom is -0.496 e. The highest BCUT2D eigenvalue weighted by molar-refractivity contribution is 6.02. The lowest BCUT2D eigenvalue weighted by Crippen LogP contribution is -2.39. The van der Waals surface area contributed by atoms with E-state index < -0.39 is 0 Å². The molecule has 0 radical (unpaired) electrons. The second-order valence-electron chi connectivity index (χ2n) is 7.53. The molecule has 0 atom stereocenters. The molecule has 2 heterocycles. The summed E-state index contributed by atoms with van der Waals surface area (Å²) in [5.74, 6) is 0.970. The van der Waals surface area contributed by atoms with Gasteiger partial charge in [-0.05, 0) is 48.9 Å². The molecule has 1 N–H and O–H groups in total. The van der Waals surface area contributed by atoms with Gasteiger partial charge in [0, 0.05) is 30.7 Å². The van der Waals surface area contributed by atoms with Gasteiger partial charge in [0.05, 0.1) is 18.2 Å². The van der Waals surface area contributed by atoms with Gasteiger partial charge in [-0.2, -0.15) is 0 Å². The van der Waals surface area contributed by atoms with Crippen LogP contribution in [0, 0.1) is 11.7 Å². The number of benzene rings is 2. The maximum atomic E-state index is 13.2. The molecule has 0 aliphatic carbocycles. The first-order valence-corrected chi connectivity index (χ1v) is 9.92. The Kier molecular flexibility index (Phi) is 5.70. The number of rotatable bonds is 6. The van der Waals surface area contributed by atoms with Gasteiger partial charge in [0.1, 0.15) is 11.6 Å². The van der Waals surface area contributed by atoms with Crippen molar-refractivity contribution in [3.05, 3.63) is 59.5 Å². The molecule has 4 rings (SSSR count). The molecule has 7 heteroatoms. The number of likely N-dealkylation sites (tertiary alicyclic amines) is 1. The van der Waals surface area contributed by atoms with E-state index in [0.29, 0.717) is 47.9 Å². The first-order valence-electron chi connectivity index (χ1n) is 9.92. The van der Waals surface area contributed by atoms with Crippen LogP contribution in [-0.2, 0) is 11.2 Å². The Morgan fingerprint density at radius 2 is 1.93 bits per heavy atom. The van der Waals surface area contributed by atoms with Crippen LogP contribution in [0.4, 0.5) is 4.39 Å². The number of aromatic nitrogens is 1. The third-order valence-corrected chi connectivity index (χ3v) is 5.71. The lowest BCUT2D eigenvalue weighted by Gasteiger charge is -2.32. The van der Waals surface area contributed by atoms with Crippen molar-refractivity contribution in [3.63, 3.8) is 0 Å². The third kappa shape index (κ3) is 4.01. The Balaban J connectivity index is 1.48. The summed E-state index contributed by atoms with van der Waals surface area (Å²) in [7, 11) is 1.53. The highest BCUT2D eigenvalue weighted by Crippen LogP contribution is 2.33. The molecule has 0 unspecified atom stereocenters. The normalized spacial score (nSPS) is 14.7. The summed E-state index contributed by atoms with van der Waals surface area (Å²) in [6.07, 6.45) is 4.23. The number of ether oxygens (including phenoxy) is 2. The quantitative estimate of drug-likeness (QED) is 0.625. The molecule has 1 amide bonds. The molecule has 1 aromatic heterocycles. The van der Waals surface area contributed by atoms with Crippen LogP contribution in [0.25, 0.3) is 10.9 Å². The lowest BCUT2D eigenvalue weighted by atomic mass is 9.90. The number of hydrogen-bond acceptors (Lipinski definition) is 4.